The smallest absolute Gasteiger partial charge is 0.256 e. The van der Waals surface area contributed by atoms with Gasteiger partial charge in [-0.15, -0.1) is 0 Å². The highest BCUT2D eigenvalue weighted by atomic mass is 16.3. The number of amides is 2. The van der Waals surface area contributed by atoms with Crippen LogP contribution in [0.15, 0.2) is 18.2 Å². The molecule has 6 heteroatoms. The van der Waals surface area contributed by atoms with Crippen LogP contribution in [0, 0.1) is 5.92 Å². The third-order valence-corrected chi connectivity index (χ3v) is 3.45. The molecule has 0 aromatic heterocycles. The van der Waals surface area contributed by atoms with Crippen molar-refractivity contribution in [1.29, 1.82) is 0 Å². The predicted molar refractivity (Wildman–Crippen MR) is 70.3 cm³/mol. The van der Waals surface area contributed by atoms with E-state index in [9.17, 15) is 14.7 Å². The van der Waals surface area contributed by atoms with E-state index in [0.29, 0.717) is 31.6 Å². The second kappa shape index (κ2) is 5.17. The lowest BCUT2D eigenvalue weighted by atomic mass is 9.95. The van der Waals surface area contributed by atoms with E-state index in [1.165, 1.54) is 18.2 Å². The Bertz CT molecular complexity index is 508. The Morgan fingerprint density at radius 3 is 2.47 bits per heavy atom. The minimum Gasteiger partial charge on any atom is -0.508 e. The second-order valence-electron chi connectivity index (χ2n) is 4.74. The summed E-state index contributed by atoms with van der Waals surface area (Å²) in [7, 11) is 0. The molecule has 2 rings (SSSR count). The van der Waals surface area contributed by atoms with Crippen LogP contribution in [-0.2, 0) is 4.79 Å². The monoisotopic (exact) mass is 263 g/mol. The number of nitrogens with zero attached hydrogens (tertiary/aromatic N) is 1. The highest BCUT2D eigenvalue weighted by molar-refractivity contribution is 5.99. The van der Waals surface area contributed by atoms with Crippen molar-refractivity contribution in [2.24, 2.45) is 11.7 Å². The van der Waals surface area contributed by atoms with Crippen molar-refractivity contribution in [3.63, 3.8) is 0 Å². The molecule has 0 bridgehead atoms. The van der Waals surface area contributed by atoms with Gasteiger partial charge in [-0.05, 0) is 31.0 Å². The van der Waals surface area contributed by atoms with Gasteiger partial charge in [0.2, 0.25) is 5.91 Å². The zero-order valence-electron chi connectivity index (χ0n) is 10.5. The number of piperidine rings is 1. The molecule has 1 aliphatic rings. The zero-order valence-corrected chi connectivity index (χ0v) is 10.5. The van der Waals surface area contributed by atoms with E-state index >= 15 is 0 Å². The average Bonchev–Trinajstić information content (AvgIpc) is 2.41. The summed E-state index contributed by atoms with van der Waals surface area (Å²) in [6.07, 6.45) is 1.14. The number of carbonyl (C=O) groups is 2. The molecule has 0 atom stereocenters. The van der Waals surface area contributed by atoms with Gasteiger partial charge in [0.25, 0.3) is 5.91 Å². The minimum atomic E-state index is -0.316. The summed E-state index contributed by atoms with van der Waals surface area (Å²) in [4.78, 5) is 25.0. The normalized spacial score (nSPS) is 16.3. The SMILES string of the molecule is NC(=O)C1CCN(C(=O)c2cc(O)ccc2N)CC1. The molecule has 19 heavy (non-hydrogen) atoms. The lowest BCUT2D eigenvalue weighted by Crippen LogP contribution is -2.41. The van der Waals surface area contributed by atoms with Gasteiger partial charge in [-0.25, -0.2) is 0 Å². The fourth-order valence-corrected chi connectivity index (χ4v) is 2.27. The Balaban J connectivity index is 2.09. The summed E-state index contributed by atoms with van der Waals surface area (Å²) in [6, 6.07) is 4.29. The predicted octanol–water partition coefficient (Wildman–Crippen LogP) is 0.312. The van der Waals surface area contributed by atoms with Crippen LogP contribution in [0.1, 0.15) is 23.2 Å². The first-order chi connectivity index (χ1) is 8.99. The fourth-order valence-electron chi connectivity index (χ4n) is 2.27. The Hall–Kier alpha value is -2.24. The lowest BCUT2D eigenvalue weighted by molar-refractivity contribution is -0.123. The molecule has 0 aliphatic carbocycles. The van der Waals surface area contributed by atoms with Gasteiger partial charge < -0.3 is 21.5 Å². The standard InChI is InChI=1S/C13H17N3O3/c14-11-2-1-9(17)7-10(11)13(19)16-5-3-8(4-6-16)12(15)18/h1-2,7-8,17H,3-6,14H2,(H2,15,18). The molecule has 1 aromatic rings. The van der Waals surface area contributed by atoms with Gasteiger partial charge in [-0.1, -0.05) is 0 Å². The number of phenolic OH excluding ortho intramolecular Hbond substituents is 1. The molecule has 102 valence electrons. The molecule has 0 saturated carbocycles. The first-order valence-corrected chi connectivity index (χ1v) is 6.16. The van der Waals surface area contributed by atoms with Gasteiger partial charge in [0.05, 0.1) is 5.56 Å². The minimum absolute atomic E-state index is 0.00423. The molecular weight excluding hydrogens is 246 g/mol. The number of nitrogen functional groups attached to an aromatic ring is 1. The van der Waals surface area contributed by atoms with Crippen LogP contribution in [0.2, 0.25) is 0 Å². The number of likely N-dealkylation sites (tertiary alicyclic amines) is 1. The quantitative estimate of drug-likeness (QED) is 0.527. The summed E-state index contributed by atoms with van der Waals surface area (Å²) < 4.78 is 0. The fraction of sp³-hybridized carbons (Fsp3) is 0.385. The maximum absolute atomic E-state index is 12.3. The van der Waals surface area contributed by atoms with Crippen LogP contribution < -0.4 is 11.5 Å². The van der Waals surface area contributed by atoms with Gasteiger partial charge >= 0.3 is 0 Å². The van der Waals surface area contributed by atoms with Crippen molar-refractivity contribution in [3.8, 4) is 5.75 Å². The summed E-state index contributed by atoms with van der Waals surface area (Å²) in [5.74, 6) is -0.699. The van der Waals surface area contributed by atoms with E-state index in [-0.39, 0.29) is 29.0 Å². The van der Waals surface area contributed by atoms with Crippen molar-refractivity contribution in [2.45, 2.75) is 12.8 Å². The Kier molecular flexibility index (Phi) is 3.59. The molecule has 5 N–H and O–H groups in total. The van der Waals surface area contributed by atoms with E-state index in [2.05, 4.69) is 0 Å². The Morgan fingerprint density at radius 1 is 1.26 bits per heavy atom. The van der Waals surface area contributed by atoms with Gasteiger partial charge in [0.15, 0.2) is 0 Å². The molecule has 2 amide bonds. The largest absolute Gasteiger partial charge is 0.508 e. The first kappa shape index (κ1) is 13.2. The number of hydrogen-bond donors (Lipinski definition) is 3. The van der Waals surface area contributed by atoms with E-state index in [0.717, 1.165) is 0 Å². The van der Waals surface area contributed by atoms with Crippen molar-refractivity contribution in [3.05, 3.63) is 23.8 Å². The van der Waals surface area contributed by atoms with Crippen molar-refractivity contribution in [2.75, 3.05) is 18.8 Å². The van der Waals surface area contributed by atoms with Crippen LogP contribution in [0.5, 0.6) is 5.75 Å². The summed E-state index contributed by atoms with van der Waals surface area (Å²) >= 11 is 0. The highest BCUT2D eigenvalue weighted by Crippen LogP contribution is 2.23. The molecule has 0 unspecified atom stereocenters. The summed E-state index contributed by atoms with van der Waals surface area (Å²) in [5, 5.41) is 9.41. The van der Waals surface area contributed by atoms with Gasteiger partial charge in [-0.2, -0.15) is 0 Å². The number of nitrogens with two attached hydrogens (primary N) is 2. The van der Waals surface area contributed by atoms with E-state index in [4.69, 9.17) is 11.5 Å². The van der Waals surface area contributed by atoms with Gasteiger partial charge in [0.1, 0.15) is 5.75 Å². The number of benzene rings is 1. The van der Waals surface area contributed by atoms with Crippen LogP contribution in [-0.4, -0.2) is 34.9 Å². The van der Waals surface area contributed by atoms with Crippen LogP contribution in [0.25, 0.3) is 0 Å². The number of rotatable bonds is 2. The second-order valence-corrected chi connectivity index (χ2v) is 4.74. The molecule has 0 radical (unpaired) electrons. The van der Waals surface area contributed by atoms with Crippen LogP contribution in [0.4, 0.5) is 5.69 Å². The van der Waals surface area contributed by atoms with Crippen LogP contribution >= 0.6 is 0 Å². The van der Waals surface area contributed by atoms with E-state index in [1.807, 2.05) is 0 Å². The van der Waals surface area contributed by atoms with Crippen molar-refractivity contribution in [1.82, 2.24) is 4.90 Å². The molecule has 1 aromatic carbocycles. The number of phenols is 1. The van der Waals surface area contributed by atoms with Gasteiger partial charge in [0, 0.05) is 24.7 Å². The number of primary amides is 1. The topological polar surface area (TPSA) is 110 Å². The maximum atomic E-state index is 12.3. The molecule has 1 heterocycles. The average molecular weight is 263 g/mol. The highest BCUT2D eigenvalue weighted by Gasteiger charge is 2.27. The zero-order chi connectivity index (χ0) is 14.0. The number of aromatic hydroxyl groups is 1. The third kappa shape index (κ3) is 2.78. The number of hydrogen-bond acceptors (Lipinski definition) is 4. The maximum Gasteiger partial charge on any atom is 0.256 e. The number of anilines is 1. The molecule has 1 fully saturated rings. The molecule has 1 aliphatic heterocycles. The Labute approximate surface area is 111 Å². The molecule has 1 saturated heterocycles. The third-order valence-electron chi connectivity index (χ3n) is 3.45. The van der Waals surface area contributed by atoms with E-state index < -0.39 is 0 Å². The summed E-state index contributed by atoms with van der Waals surface area (Å²) in [5.41, 5.74) is 11.6. The van der Waals surface area contributed by atoms with Crippen molar-refractivity contribution >= 4 is 17.5 Å². The van der Waals surface area contributed by atoms with Crippen LogP contribution in [0.3, 0.4) is 0 Å². The van der Waals surface area contributed by atoms with Gasteiger partial charge in [-0.3, -0.25) is 9.59 Å². The molecule has 0 spiro atoms. The van der Waals surface area contributed by atoms with E-state index in [1.54, 1.807) is 4.90 Å². The number of carbonyl (C=O) groups excluding carboxylic acids is 2. The summed E-state index contributed by atoms with van der Waals surface area (Å²) in [6.45, 7) is 0.947. The van der Waals surface area contributed by atoms with Crippen molar-refractivity contribution < 1.29 is 14.7 Å². The molecule has 6 nitrogen and oxygen atoms in total. The Morgan fingerprint density at radius 2 is 1.89 bits per heavy atom. The lowest BCUT2D eigenvalue weighted by Gasteiger charge is -2.30. The molecular formula is C13H17N3O3. The first-order valence-electron chi connectivity index (χ1n) is 6.16.